The van der Waals surface area contributed by atoms with Gasteiger partial charge in [0.15, 0.2) is 9.84 Å². The fraction of sp³-hybridized carbons (Fsp3) is 1.00. The van der Waals surface area contributed by atoms with E-state index in [1.165, 1.54) is 0 Å². The van der Waals surface area contributed by atoms with E-state index in [9.17, 15) is 8.42 Å². The van der Waals surface area contributed by atoms with E-state index in [1.54, 1.807) is 6.92 Å². The highest BCUT2D eigenvalue weighted by Gasteiger charge is 2.21. The van der Waals surface area contributed by atoms with Crippen molar-refractivity contribution >= 4 is 9.84 Å². The maximum Gasteiger partial charge on any atom is 0.154 e. The topological polar surface area (TPSA) is 46.2 Å². The molecule has 15 heavy (non-hydrogen) atoms. The number of unbranched alkanes of at least 4 members (excludes halogenated alkanes) is 1. The van der Waals surface area contributed by atoms with Crippen LogP contribution in [0.4, 0.5) is 0 Å². The van der Waals surface area contributed by atoms with E-state index in [1.807, 2.05) is 13.8 Å². The summed E-state index contributed by atoms with van der Waals surface area (Å²) in [5.74, 6) is 0.511. The molecule has 0 amide bonds. The van der Waals surface area contributed by atoms with Gasteiger partial charge in [0.05, 0.1) is 11.0 Å². The zero-order valence-corrected chi connectivity index (χ0v) is 11.2. The number of hydrogen-bond donors (Lipinski definition) is 1. The van der Waals surface area contributed by atoms with Crippen LogP contribution in [0.25, 0.3) is 0 Å². The van der Waals surface area contributed by atoms with Gasteiger partial charge in [-0.1, -0.05) is 27.2 Å². The minimum Gasteiger partial charge on any atom is -0.315 e. The summed E-state index contributed by atoms with van der Waals surface area (Å²) in [4.78, 5) is 0. The molecule has 0 bridgehead atoms. The lowest BCUT2D eigenvalue weighted by molar-refractivity contribution is 0.556. The third-order valence-corrected chi connectivity index (χ3v) is 4.84. The minimum absolute atomic E-state index is 0.216. The molecule has 0 heterocycles. The zero-order valence-electron chi connectivity index (χ0n) is 10.4. The molecule has 0 spiro atoms. The molecule has 0 fully saturated rings. The highest BCUT2D eigenvalue weighted by atomic mass is 32.2. The van der Waals surface area contributed by atoms with Gasteiger partial charge in [0.1, 0.15) is 0 Å². The summed E-state index contributed by atoms with van der Waals surface area (Å²) in [6.45, 7) is 9.29. The highest BCUT2D eigenvalue weighted by Crippen LogP contribution is 2.06. The fourth-order valence-corrected chi connectivity index (χ4v) is 2.99. The molecule has 0 rings (SSSR count). The third-order valence-electron chi connectivity index (χ3n) is 2.32. The average Bonchev–Trinajstić information content (AvgIpc) is 2.10. The van der Waals surface area contributed by atoms with E-state index in [4.69, 9.17) is 0 Å². The molecule has 1 N–H and O–H groups in total. The van der Waals surface area contributed by atoms with Crippen molar-refractivity contribution in [2.45, 2.75) is 45.8 Å². The SMILES string of the molecule is CCCCNCC(C)S(=O)(=O)CC(C)C. The van der Waals surface area contributed by atoms with E-state index >= 15 is 0 Å². The fourth-order valence-electron chi connectivity index (χ4n) is 1.36. The molecule has 1 atom stereocenters. The van der Waals surface area contributed by atoms with Gasteiger partial charge in [-0.2, -0.15) is 0 Å². The van der Waals surface area contributed by atoms with Gasteiger partial charge in [-0.05, 0) is 25.8 Å². The molecule has 0 saturated heterocycles. The first-order valence-corrected chi connectivity index (χ1v) is 7.54. The molecule has 0 aliphatic rings. The Morgan fingerprint density at radius 1 is 1.20 bits per heavy atom. The molecule has 92 valence electrons. The Morgan fingerprint density at radius 3 is 2.27 bits per heavy atom. The van der Waals surface area contributed by atoms with Gasteiger partial charge in [0, 0.05) is 6.54 Å². The summed E-state index contributed by atoms with van der Waals surface area (Å²) in [5, 5.41) is 2.92. The first-order chi connectivity index (χ1) is 6.90. The summed E-state index contributed by atoms with van der Waals surface area (Å²) in [6, 6.07) is 0. The zero-order chi connectivity index (χ0) is 11.9. The third kappa shape index (κ3) is 6.90. The number of hydrogen-bond acceptors (Lipinski definition) is 3. The van der Waals surface area contributed by atoms with Crippen LogP contribution in [0.3, 0.4) is 0 Å². The molecule has 3 nitrogen and oxygen atoms in total. The molecule has 0 aromatic rings. The lowest BCUT2D eigenvalue weighted by Gasteiger charge is -2.15. The van der Waals surface area contributed by atoms with Gasteiger partial charge in [0.2, 0.25) is 0 Å². The Labute approximate surface area is 94.6 Å². The van der Waals surface area contributed by atoms with Gasteiger partial charge in [-0.15, -0.1) is 0 Å². The monoisotopic (exact) mass is 235 g/mol. The van der Waals surface area contributed by atoms with Gasteiger partial charge >= 0.3 is 0 Å². The summed E-state index contributed by atoms with van der Waals surface area (Å²) in [6.07, 6.45) is 2.25. The molecular weight excluding hydrogens is 210 g/mol. The maximum atomic E-state index is 11.8. The predicted molar refractivity (Wildman–Crippen MR) is 65.9 cm³/mol. The first-order valence-electron chi connectivity index (χ1n) is 5.82. The Morgan fingerprint density at radius 2 is 1.80 bits per heavy atom. The number of rotatable bonds is 8. The van der Waals surface area contributed by atoms with Crippen LogP contribution in [-0.4, -0.2) is 32.5 Å². The summed E-state index contributed by atoms with van der Waals surface area (Å²) < 4.78 is 23.5. The molecule has 0 aromatic heterocycles. The van der Waals surface area contributed by atoms with Gasteiger partial charge in [-0.3, -0.25) is 0 Å². The van der Waals surface area contributed by atoms with E-state index in [2.05, 4.69) is 12.2 Å². The van der Waals surface area contributed by atoms with Crippen LogP contribution in [0.1, 0.15) is 40.5 Å². The molecule has 0 saturated carbocycles. The maximum absolute atomic E-state index is 11.8. The van der Waals surface area contributed by atoms with Crippen molar-refractivity contribution in [2.75, 3.05) is 18.8 Å². The minimum atomic E-state index is -2.91. The van der Waals surface area contributed by atoms with Crippen molar-refractivity contribution in [3.63, 3.8) is 0 Å². The quantitative estimate of drug-likeness (QED) is 0.653. The Bertz CT molecular complexity index is 247. The van der Waals surface area contributed by atoms with Crippen LogP contribution in [0.5, 0.6) is 0 Å². The van der Waals surface area contributed by atoms with E-state index in [0.717, 1.165) is 19.4 Å². The summed E-state index contributed by atoms with van der Waals surface area (Å²) >= 11 is 0. The number of sulfone groups is 1. The lowest BCUT2D eigenvalue weighted by Crippen LogP contribution is -2.34. The standard InChI is InChI=1S/C11H25NO2S/c1-5-6-7-12-8-11(4)15(13,14)9-10(2)3/h10-12H,5-9H2,1-4H3. The molecule has 0 radical (unpaired) electrons. The second kappa shape index (κ2) is 7.23. The largest absolute Gasteiger partial charge is 0.315 e. The van der Waals surface area contributed by atoms with Gasteiger partial charge in [0.25, 0.3) is 0 Å². The Balaban J connectivity index is 3.92. The lowest BCUT2D eigenvalue weighted by atomic mass is 10.3. The molecule has 0 aliphatic carbocycles. The second-order valence-electron chi connectivity index (χ2n) is 4.59. The van der Waals surface area contributed by atoms with Crippen molar-refractivity contribution in [1.29, 1.82) is 0 Å². The first kappa shape index (κ1) is 14.9. The average molecular weight is 235 g/mol. The van der Waals surface area contributed by atoms with Crippen LogP contribution in [0, 0.1) is 5.92 Å². The smallest absolute Gasteiger partial charge is 0.154 e. The normalized spacial score (nSPS) is 14.5. The molecular formula is C11H25NO2S. The van der Waals surface area contributed by atoms with Gasteiger partial charge < -0.3 is 5.32 Å². The highest BCUT2D eigenvalue weighted by molar-refractivity contribution is 7.92. The Kier molecular flexibility index (Phi) is 7.18. The van der Waals surface area contributed by atoms with Crippen molar-refractivity contribution in [3.8, 4) is 0 Å². The molecule has 4 heteroatoms. The van der Waals surface area contributed by atoms with Crippen LogP contribution < -0.4 is 5.32 Å². The predicted octanol–water partition coefficient (Wildman–Crippen LogP) is 1.84. The van der Waals surface area contributed by atoms with E-state index < -0.39 is 9.84 Å². The number of nitrogens with one attached hydrogen (secondary N) is 1. The van der Waals surface area contributed by atoms with Crippen molar-refractivity contribution in [2.24, 2.45) is 5.92 Å². The van der Waals surface area contributed by atoms with Crippen LogP contribution in [-0.2, 0) is 9.84 Å². The summed E-state index contributed by atoms with van der Waals surface area (Å²) in [5.41, 5.74) is 0. The second-order valence-corrected chi connectivity index (χ2v) is 7.06. The molecule has 0 aromatic carbocycles. The molecule has 1 unspecified atom stereocenters. The van der Waals surface area contributed by atoms with E-state index in [0.29, 0.717) is 12.3 Å². The van der Waals surface area contributed by atoms with Crippen molar-refractivity contribution < 1.29 is 8.42 Å². The summed E-state index contributed by atoms with van der Waals surface area (Å²) in [7, 11) is -2.91. The van der Waals surface area contributed by atoms with Gasteiger partial charge in [-0.25, -0.2) is 8.42 Å². The molecule has 0 aliphatic heterocycles. The van der Waals surface area contributed by atoms with Crippen LogP contribution >= 0.6 is 0 Å². The van der Waals surface area contributed by atoms with E-state index in [-0.39, 0.29) is 11.2 Å². The van der Waals surface area contributed by atoms with Crippen LogP contribution in [0.2, 0.25) is 0 Å². The van der Waals surface area contributed by atoms with Crippen LogP contribution in [0.15, 0.2) is 0 Å². The van der Waals surface area contributed by atoms with Crippen molar-refractivity contribution in [3.05, 3.63) is 0 Å². The van der Waals surface area contributed by atoms with Crippen molar-refractivity contribution in [1.82, 2.24) is 5.32 Å². The Hall–Kier alpha value is -0.0900.